The van der Waals surface area contributed by atoms with E-state index >= 15 is 0 Å². The maximum atomic E-state index is 12.5. The van der Waals surface area contributed by atoms with Gasteiger partial charge in [-0.25, -0.2) is 13.1 Å². The molecule has 1 saturated heterocycles. The van der Waals surface area contributed by atoms with Gasteiger partial charge in [-0.05, 0) is 18.0 Å². The predicted octanol–water partition coefficient (Wildman–Crippen LogP) is -0.101. The van der Waals surface area contributed by atoms with E-state index in [1.807, 2.05) is 30.3 Å². The summed E-state index contributed by atoms with van der Waals surface area (Å²) in [7, 11) is -2.12. The molecule has 9 heteroatoms. The van der Waals surface area contributed by atoms with Gasteiger partial charge in [0.05, 0.1) is 12.7 Å². The van der Waals surface area contributed by atoms with Crippen LogP contribution in [-0.2, 0) is 21.9 Å². The second-order valence-corrected chi connectivity index (χ2v) is 8.25. The van der Waals surface area contributed by atoms with Gasteiger partial charge in [-0.3, -0.25) is 9.48 Å². The van der Waals surface area contributed by atoms with E-state index in [9.17, 15) is 13.2 Å². The van der Waals surface area contributed by atoms with Crippen molar-refractivity contribution in [1.82, 2.24) is 19.4 Å². The van der Waals surface area contributed by atoms with Crippen molar-refractivity contribution in [2.75, 3.05) is 26.2 Å². The lowest BCUT2D eigenvalue weighted by Crippen LogP contribution is -2.39. The van der Waals surface area contributed by atoms with Crippen molar-refractivity contribution in [1.29, 1.82) is 0 Å². The summed E-state index contributed by atoms with van der Waals surface area (Å²) >= 11 is 0. The van der Waals surface area contributed by atoms with E-state index in [0.717, 1.165) is 5.56 Å². The summed E-state index contributed by atoms with van der Waals surface area (Å²) in [5.41, 5.74) is 7.03. The van der Waals surface area contributed by atoms with Crippen LogP contribution in [0.5, 0.6) is 0 Å². The first-order chi connectivity index (χ1) is 12.4. The van der Waals surface area contributed by atoms with Gasteiger partial charge in [0.2, 0.25) is 15.9 Å². The summed E-state index contributed by atoms with van der Waals surface area (Å²) in [5, 5.41) is 3.84. The van der Waals surface area contributed by atoms with Crippen molar-refractivity contribution in [2.45, 2.75) is 10.8 Å². The molecular formula is C17H23N5O3S. The standard InChI is InChI=1S/C17H23N5O3S/c1-21-11-15(8-19-21)26(24,25)20-9-17(23)22-10-14(7-18)16(12-22)13-5-3-2-4-6-13/h2-6,8,11,14,16,20H,7,9-10,12,18H2,1H3/t14-,16+/m1/s1. The Balaban J connectivity index is 1.63. The van der Waals surface area contributed by atoms with Crippen LogP contribution in [0.15, 0.2) is 47.6 Å². The Morgan fingerprint density at radius 2 is 2.04 bits per heavy atom. The Morgan fingerprint density at radius 1 is 1.31 bits per heavy atom. The molecule has 2 aromatic rings. The van der Waals surface area contributed by atoms with E-state index < -0.39 is 10.0 Å². The fourth-order valence-electron chi connectivity index (χ4n) is 3.28. The first kappa shape index (κ1) is 18.6. The Bertz CT molecular complexity index is 866. The molecule has 2 atom stereocenters. The smallest absolute Gasteiger partial charge is 0.244 e. The van der Waals surface area contributed by atoms with E-state index in [1.165, 1.54) is 17.1 Å². The van der Waals surface area contributed by atoms with E-state index in [4.69, 9.17) is 5.73 Å². The number of hydrogen-bond acceptors (Lipinski definition) is 5. The van der Waals surface area contributed by atoms with Crippen LogP contribution >= 0.6 is 0 Å². The number of rotatable bonds is 6. The molecule has 3 rings (SSSR count). The van der Waals surface area contributed by atoms with Crippen LogP contribution in [0.3, 0.4) is 0 Å². The van der Waals surface area contributed by atoms with Crippen molar-refractivity contribution >= 4 is 15.9 Å². The number of nitrogens with zero attached hydrogens (tertiary/aromatic N) is 3. The number of sulfonamides is 1. The third kappa shape index (κ3) is 3.95. The Morgan fingerprint density at radius 3 is 2.65 bits per heavy atom. The molecule has 1 aromatic heterocycles. The van der Waals surface area contributed by atoms with Crippen molar-refractivity contribution in [2.24, 2.45) is 18.7 Å². The fourth-order valence-corrected chi connectivity index (χ4v) is 4.24. The molecule has 0 unspecified atom stereocenters. The van der Waals surface area contributed by atoms with Gasteiger partial charge in [0.1, 0.15) is 4.90 Å². The summed E-state index contributed by atoms with van der Waals surface area (Å²) in [6.45, 7) is 1.27. The molecule has 0 saturated carbocycles. The third-order valence-electron chi connectivity index (χ3n) is 4.73. The number of hydrogen-bond donors (Lipinski definition) is 2. The summed E-state index contributed by atoms with van der Waals surface area (Å²) in [5.74, 6) is 0.0747. The normalized spacial score (nSPS) is 20.5. The van der Waals surface area contributed by atoms with Gasteiger partial charge in [0, 0.05) is 32.3 Å². The van der Waals surface area contributed by atoms with Crippen LogP contribution in [0.2, 0.25) is 0 Å². The number of benzene rings is 1. The van der Waals surface area contributed by atoms with E-state index in [-0.39, 0.29) is 29.2 Å². The first-order valence-corrected chi connectivity index (χ1v) is 9.90. The van der Waals surface area contributed by atoms with Crippen molar-refractivity contribution in [3.8, 4) is 0 Å². The molecule has 1 fully saturated rings. The number of nitrogens with one attached hydrogen (secondary N) is 1. The van der Waals surface area contributed by atoms with Crippen LogP contribution in [0.4, 0.5) is 0 Å². The number of aryl methyl sites for hydroxylation is 1. The highest BCUT2D eigenvalue weighted by Gasteiger charge is 2.35. The molecule has 26 heavy (non-hydrogen) atoms. The second-order valence-electron chi connectivity index (χ2n) is 6.49. The molecule has 0 spiro atoms. The molecule has 2 heterocycles. The molecule has 1 aromatic carbocycles. The summed E-state index contributed by atoms with van der Waals surface area (Å²) in [6, 6.07) is 9.95. The summed E-state index contributed by atoms with van der Waals surface area (Å²) < 4.78 is 28.2. The van der Waals surface area contributed by atoms with Gasteiger partial charge in [-0.1, -0.05) is 30.3 Å². The molecular weight excluding hydrogens is 354 g/mol. The van der Waals surface area contributed by atoms with Gasteiger partial charge in [0.25, 0.3) is 0 Å². The van der Waals surface area contributed by atoms with Crippen molar-refractivity contribution in [3.63, 3.8) is 0 Å². The number of nitrogens with two attached hydrogens (primary N) is 1. The van der Waals surface area contributed by atoms with E-state index in [2.05, 4.69) is 9.82 Å². The number of amides is 1. The fraction of sp³-hybridized carbons (Fsp3) is 0.412. The third-order valence-corrected chi connectivity index (χ3v) is 6.08. The Kier molecular flexibility index (Phi) is 5.40. The maximum Gasteiger partial charge on any atom is 0.244 e. The summed E-state index contributed by atoms with van der Waals surface area (Å²) in [6.07, 6.45) is 2.64. The highest BCUT2D eigenvalue weighted by molar-refractivity contribution is 7.89. The zero-order valence-corrected chi connectivity index (χ0v) is 15.4. The van der Waals surface area contributed by atoms with Crippen molar-refractivity contribution in [3.05, 3.63) is 48.3 Å². The minimum Gasteiger partial charge on any atom is -0.341 e. The van der Waals surface area contributed by atoms with E-state index in [1.54, 1.807) is 11.9 Å². The highest BCUT2D eigenvalue weighted by Crippen LogP contribution is 2.31. The average Bonchev–Trinajstić information content (AvgIpc) is 3.27. The van der Waals surface area contributed by atoms with Crippen LogP contribution in [-0.4, -0.2) is 55.2 Å². The van der Waals surface area contributed by atoms with Crippen LogP contribution in [0.25, 0.3) is 0 Å². The minimum atomic E-state index is -3.75. The average molecular weight is 377 g/mol. The van der Waals surface area contributed by atoms with Gasteiger partial charge in [-0.2, -0.15) is 5.10 Å². The Hall–Kier alpha value is -2.23. The molecule has 140 valence electrons. The maximum absolute atomic E-state index is 12.5. The SMILES string of the molecule is Cn1cc(S(=O)(=O)NCC(=O)N2C[C@@H](CN)[C@H](c3ccccc3)C2)cn1. The minimum absolute atomic E-state index is 0.0382. The van der Waals surface area contributed by atoms with Crippen LogP contribution < -0.4 is 10.5 Å². The van der Waals surface area contributed by atoms with Gasteiger partial charge < -0.3 is 10.6 Å². The molecule has 3 N–H and O–H groups in total. The zero-order valence-electron chi connectivity index (χ0n) is 14.6. The lowest BCUT2D eigenvalue weighted by atomic mass is 9.89. The molecule has 0 radical (unpaired) electrons. The van der Waals surface area contributed by atoms with Crippen LogP contribution in [0.1, 0.15) is 11.5 Å². The van der Waals surface area contributed by atoms with Crippen molar-refractivity contribution < 1.29 is 13.2 Å². The van der Waals surface area contributed by atoms with Gasteiger partial charge in [0.15, 0.2) is 0 Å². The highest BCUT2D eigenvalue weighted by atomic mass is 32.2. The topological polar surface area (TPSA) is 110 Å². The first-order valence-electron chi connectivity index (χ1n) is 8.42. The molecule has 1 amide bonds. The predicted molar refractivity (Wildman–Crippen MR) is 96.7 cm³/mol. The number of carbonyl (C=O) groups excluding carboxylic acids is 1. The molecule has 0 aliphatic carbocycles. The van der Waals surface area contributed by atoms with Gasteiger partial charge >= 0.3 is 0 Å². The molecule has 1 aliphatic rings. The second kappa shape index (κ2) is 7.56. The molecule has 0 bridgehead atoms. The number of likely N-dealkylation sites (tertiary alicyclic amines) is 1. The monoisotopic (exact) mass is 377 g/mol. The molecule has 1 aliphatic heterocycles. The summed E-state index contributed by atoms with van der Waals surface area (Å²) in [4.78, 5) is 14.2. The largest absolute Gasteiger partial charge is 0.341 e. The molecule has 8 nitrogen and oxygen atoms in total. The van der Waals surface area contributed by atoms with Gasteiger partial charge in [-0.15, -0.1) is 0 Å². The van der Waals surface area contributed by atoms with E-state index in [0.29, 0.717) is 19.6 Å². The zero-order chi connectivity index (χ0) is 18.7. The Labute approximate surface area is 153 Å². The lowest BCUT2D eigenvalue weighted by Gasteiger charge is -2.17. The quantitative estimate of drug-likeness (QED) is 0.730. The number of carbonyl (C=O) groups is 1. The number of aromatic nitrogens is 2. The van der Waals surface area contributed by atoms with Crippen LogP contribution in [0, 0.1) is 5.92 Å². The lowest BCUT2D eigenvalue weighted by molar-refractivity contribution is -0.129.